The van der Waals surface area contributed by atoms with Crippen molar-refractivity contribution in [2.45, 2.75) is 9.79 Å². The average molecular weight is 358 g/mol. The summed E-state index contributed by atoms with van der Waals surface area (Å²) in [6.07, 6.45) is 0. The van der Waals surface area contributed by atoms with Gasteiger partial charge >= 0.3 is 0 Å². The lowest BCUT2D eigenvalue weighted by Gasteiger charge is -2.31. The van der Waals surface area contributed by atoms with Crippen molar-refractivity contribution in [2.75, 3.05) is 39.8 Å². The van der Waals surface area contributed by atoms with Gasteiger partial charge in [-0.25, -0.2) is 8.42 Å². The largest absolute Gasteiger partial charge is 0.304 e. The van der Waals surface area contributed by atoms with Gasteiger partial charge in [-0.1, -0.05) is 30.3 Å². The van der Waals surface area contributed by atoms with Crippen molar-refractivity contribution in [3.63, 3.8) is 0 Å². The number of piperazine rings is 1. The standard InChI is InChI=1S/C19H22N2O3S/c1-20-11-13-21(14-12-20)15-19(22)16-7-9-18(10-8-16)25(23,24)17-5-3-2-4-6-17/h2-10H,11-15H2,1H3. The summed E-state index contributed by atoms with van der Waals surface area (Å²) in [6.45, 7) is 4.05. The van der Waals surface area contributed by atoms with Crippen molar-refractivity contribution in [3.8, 4) is 0 Å². The predicted molar refractivity (Wildman–Crippen MR) is 96.6 cm³/mol. The van der Waals surface area contributed by atoms with Crippen molar-refractivity contribution in [1.82, 2.24) is 9.80 Å². The molecule has 5 nitrogen and oxygen atoms in total. The number of carbonyl (C=O) groups is 1. The van der Waals surface area contributed by atoms with E-state index in [9.17, 15) is 13.2 Å². The maximum absolute atomic E-state index is 12.6. The fourth-order valence-corrected chi connectivity index (χ4v) is 4.14. The molecule has 25 heavy (non-hydrogen) atoms. The van der Waals surface area contributed by atoms with Gasteiger partial charge in [0.1, 0.15) is 0 Å². The van der Waals surface area contributed by atoms with Crippen LogP contribution < -0.4 is 0 Å². The van der Waals surface area contributed by atoms with E-state index < -0.39 is 9.84 Å². The van der Waals surface area contributed by atoms with Crippen LogP contribution in [0, 0.1) is 0 Å². The zero-order chi connectivity index (χ0) is 17.9. The van der Waals surface area contributed by atoms with Gasteiger partial charge < -0.3 is 4.90 Å². The maximum Gasteiger partial charge on any atom is 0.206 e. The van der Waals surface area contributed by atoms with Crippen LogP contribution in [0.1, 0.15) is 10.4 Å². The number of benzene rings is 2. The fourth-order valence-electron chi connectivity index (χ4n) is 2.86. The molecule has 0 N–H and O–H groups in total. The Kier molecular flexibility index (Phi) is 5.32. The summed E-state index contributed by atoms with van der Waals surface area (Å²) in [5, 5.41) is 0. The van der Waals surface area contributed by atoms with Crippen LogP contribution in [0.3, 0.4) is 0 Å². The van der Waals surface area contributed by atoms with Crippen LogP contribution in [0.15, 0.2) is 64.4 Å². The van der Waals surface area contributed by atoms with Gasteiger partial charge in [-0.2, -0.15) is 0 Å². The van der Waals surface area contributed by atoms with Gasteiger partial charge in [0.2, 0.25) is 9.84 Å². The van der Waals surface area contributed by atoms with Crippen LogP contribution in [0.5, 0.6) is 0 Å². The van der Waals surface area contributed by atoms with E-state index in [0.717, 1.165) is 26.2 Å². The molecular formula is C19H22N2O3S. The summed E-state index contributed by atoms with van der Waals surface area (Å²) < 4.78 is 25.1. The monoisotopic (exact) mass is 358 g/mol. The van der Waals surface area contributed by atoms with E-state index in [4.69, 9.17) is 0 Å². The zero-order valence-corrected chi connectivity index (χ0v) is 15.1. The van der Waals surface area contributed by atoms with E-state index >= 15 is 0 Å². The third-order valence-corrected chi connectivity index (χ3v) is 6.29. The lowest BCUT2D eigenvalue weighted by molar-refractivity contribution is 0.0876. The molecule has 0 spiro atoms. The highest BCUT2D eigenvalue weighted by molar-refractivity contribution is 7.91. The van der Waals surface area contributed by atoms with E-state index in [0.29, 0.717) is 12.1 Å². The van der Waals surface area contributed by atoms with E-state index in [1.54, 1.807) is 42.5 Å². The highest BCUT2D eigenvalue weighted by atomic mass is 32.2. The molecule has 1 saturated heterocycles. The Labute approximate surface area is 148 Å². The lowest BCUT2D eigenvalue weighted by atomic mass is 10.1. The topological polar surface area (TPSA) is 57.7 Å². The molecular weight excluding hydrogens is 336 g/mol. The van der Waals surface area contributed by atoms with E-state index in [1.165, 1.54) is 12.1 Å². The van der Waals surface area contributed by atoms with Gasteiger partial charge in [-0.05, 0) is 31.3 Å². The van der Waals surface area contributed by atoms with Crippen LogP contribution in [0.4, 0.5) is 0 Å². The Bertz CT molecular complexity index is 825. The molecule has 0 aromatic heterocycles. The first-order valence-corrected chi connectivity index (χ1v) is 9.79. The molecule has 1 heterocycles. The summed E-state index contributed by atoms with van der Waals surface area (Å²) in [5.41, 5.74) is 0.547. The molecule has 6 heteroatoms. The fraction of sp³-hybridized carbons (Fsp3) is 0.316. The summed E-state index contributed by atoms with van der Waals surface area (Å²) in [7, 11) is -1.47. The number of carbonyl (C=O) groups excluding carboxylic acids is 1. The minimum atomic E-state index is -3.54. The van der Waals surface area contributed by atoms with E-state index in [-0.39, 0.29) is 15.6 Å². The van der Waals surface area contributed by atoms with Crippen LogP contribution in [-0.4, -0.2) is 63.8 Å². The van der Waals surface area contributed by atoms with Crippen molar-refractivity contribution in [3.05, 3.63) is 60.2 Å². The Morgan fingerprint density at radius 3 is 2.04 bits per heavy atom. The van der Waals surface area contributed by atoms with Gasteiger partial charge in [0.05, 0.1) is 16.3 Å². The normalized spacial score (nSPS) is 16.7. The molecule has 1 fully saturated rings. The molecule has 0 radical (unpaired) electrons. The molecule has 0 aliphatic carbocycles. The molecule has 132 valence electrons. The first kappa shape index (κ1) is 17.8. The van der Waals surface area contributed by atoms with Crippen LogP contribution >= 0.6 is 0 Å². The number of hydrogen-bond donors (Lipinski definition) is 0. The second kappa shape index (κ2) is 7.47. The number of Topliss-reactive ketones (excluding diaryl/α,β-unsaturated/α-hetero) is 1. The van der Waals surface area contributed by atoms with Crippen LogP contribution in [0.25, 0.3) is 0 Å². The molecule has 0 amide bonds. The summed E-state index contributed by atoms with van der Waals surface area (Å²) >= 11 is 0. The zero-order valence-electron chi connectivity index (χ0n) is 14.3. The maximum atomic E-state index is 12.6. The lowest BCUT2D eigenvalue weighted by Crippen LogP contribution is -2.46. The van der Waals surface area contributed by atoms with Gasteiger partial charge in [-0.3, -0.25) is 9.69 Å². The summed E-state index contributed by atoms with van der Waals surface area (Å²) in [6, 6.07) is 14.5. The molecule has 2 aromatic carbocycles. The number of nitrogens with zero attached hydrogens (tertiary/aromatic N) is 2. The van der Waals surface area contributed by atoms with Crippen LogP contribution in [0.2, 0.25) is 0 Å². The Balaban J connectivity index is 1.71. The Hall–Kier alpha value is -2.02. The molecule has 1 aliphatic rings. The molecule has 0 unspecified atom stereocenters. The van der Waals surface area contributed by atoms with Crippen molar-refractivity contribution in [1.29, 1.82) is 0 Å². The highest BCUT2D eigenvalue weighted by Gasteiger charge is 2.20. The number of hydrogen-bond acceptors (Lipinski definition) is 5. The van der Waals surface area contributed by atoms with Gasteiger partial charge in [-0.15, -0.1) is 0 Å². The minimum absolute atomic E-state index is 0.0215. The first-order valence-electron chi connectivity index (χ1n) is 8.31. The third-order valence-electron chi connectivity index (χ3n) is 4.50. The van der Waals surface area contributed by atoms with Gasteiger partial charge in [0, 0.05) is 31.7 Å². The highest BCUT2D eigenvalue weighted by Crippen LogP contribution is 2.21. The number of rotatable bonds is 5. The molecule has 3 rings (SSSR count). The van der Waals surface area contributed by atoms with Crippen molar-refractivity contribution in [2.24, 2.45) is 0 Å². The molecule has 0 saturated carbocycles. The van der Waals surface area contributed by atoms with Crippen LogP contribution in [-0.2, 0) is 9.84 Å². The average Bonchev–Trinajstić information content (AvgIpc) is 2.64. The Morgan fingerprint density at radius 2 is 1.44 bits per heavy atom. The number of sulfone groups is 1. The quantitative estimate of drug-likeness (QED) is 0.765. The third kappa shape index (κ3) is 4.15. The molecule has 0 atom stereocenters. The Morgan fingerprint density at radius 1 is 0.880 bits per heavy atom. The molecule has 1 aliphatic heterocycles. The van der Waals surface area contributed by atoms with E-state index in [2.05, 4.69) is 16.8 Å². The molecule has 2 aromatic rings. The molecule has 0 bridgehead atoms. The van der Waals surface area contributed by atoms with Crippen molar-refractivity contribution >= 4 is 15.6 Å². The second-order valence-electron chi connectivity index (χ2n) is 6.34. The van der Waals surface area contributed by atoms with Gasteiger partial charge in [0.15, 0.2) is 5.78 Å². The van der Waals surface area contributed by atoms with Crippen molar-refractivity contribution < 1.29 is 13.2 Å². The smallest absolute Gasteiger partial charge is 0.206 e. The van der Waals surface area contributed by atoms with Gasteiger partial charge in [0.25, 0.3) is 0 Å². The SMILES string of the molecule is CN1CCN(CC(=O)c2ccc(S(=O)(=O)c3ccccc3)cc2)CC1. The number of ketones is 1. The summed E-state index contributed by atoms with van der Waals surface area (Å²) in [5.74, 6) is 0.0215. The number of likely N-dealkylation sites (N-methyl/N-ethyl adjacent to an activating group) is 1. The van der Waals surface area contributed by atoms with E-state index in [1.807, 2.05) is 0 Å². The second-order valence-corrected chi connectivity index (χ2v) is 8.29. The predicted octanol–water partition coefficient (Wildman–Crippen LogP) is 1.95. The minimum Gasteiger partial charge on any atom is -0.304 e. The summed E-state index contributed by atoms with van der Waals surface area (Å²) in [4.78, 5) is 17.3. The first-order chi connectivity index (χ1) is 12.0.